The van der Waals surface area contributed by atoms with Crippen LogP contribution in [0.2, 0.25) is 18.6 Å². The summed E-state index contributed by atoms with van der Waals surface area (Å²) >= 11 is 0. The predicted molar refractivity (Wildman–Crippen MR) is 107 cm³/mol. The van der Waals surface area contributed by atoms with Gasteiger partial charge in [0.2, 0.25) is 0 Å². The van der Waals surface area contributed by atoms with Gasteiger partial charge >= 0.3 is 21.7 Å². The zero-order chi connectivity index (χ0) is 14.8. The summed E-state index contributed by atoms with van der Waals surface area (Å²) in [6, 6.07) is 1.31. The number of rotatable bonds is 2. The van der Waals surface area contributed by atoms with E-state index < -0.39 is 8.24 Å². The van der Waals surface area contributed by atoms with Crippen molar-refractivity contribution in [1.29, 1.82) is 0 Å². The number of nitrogens with zero attached hydrogens (tertiary/aromatic N) is 3. The molecule has 0 bridgehead atoms. The molecule has 0 N–H and O–H groups in total. The van der Waals surface area contributed by atoms with Crippen LogP contribution in [0.25, 0.3) is 4.98 Å². The van der Waals surface area contributed by atoms with Gasteiger partial charge < -0.3 is 37.1 Å². The average Bonchev–Trinajstić information content (AvgIpc) is 2.95. The van der Waals surface area contributed by atoms with Crippen LogP contribution in [0.3, 0.4) is 0 Å². The van der Waals surface area contributed by atoms with Gasteiger partial charge in [-0.25, -0.2) is 0 Å². The van der Waals surface area contributed by atoms with Crippen LogP contribution in [0, 0.1) is 34.1 Å². The first kappa shape index (κ1) is 26.2. The molecule has 3 rings (SSSR count). The minimum Gasteiger partial charge on any atom is -0.667 e. The van der Waals surface area contributed by atoms with E-state index in [1.807, 2.05) is 7.05 Å². The minimum absolute atomic E-state index is 0. The van der Waals surface area contributed by atoms with Crippen molar-refractivity contribution in [3.05, 3.63) is 50.8 Å². The summed E-state index contributed by atoms with van der Waals surface area (Å²) in [5, 5.41) is 0. The van der Waals surface area contributed by atoms with Crippen molar-refractivity contribution in [3.63, 3.8) is 0 Å². The maximum Gasteiger partial charge on any atom is 4.00 e. The van der Waals surface area contributed by atoms with Gasteiger partial charge in [-0.2, -0.15) is 7.05 Å². The standard InChI is InChI=1S/C16H28N3Si.3CH3.Ti/c1-10-8-12-13-9-11(2)19(5)15(13)16(14(12)18(10)4)20(6,7)17-3;;;;/h8-9,12-16H,1-7H3;3*1H3;/q4*-1;+4. The second-order valence-electron chi connectivity index (χ2n) is 7.38. The topological polar surface area (TPSA) is 20.6 Å². The molecule has 5 heteroatoms. The molecule has 4 unspecified atom stereocenters. The molecule has 4 atom stereocenters. The van der Waals surface area contributed by atoms with Crippen molar-refractivity contribution in [2.45, 2.75) is 44.6 Å². The van der Waals surface area contributed by atoms with E-state index in [1.165, 1.54) is 11.4 Å². The van der Waals surface area contributed by atoms with Gasteiger partial charge in [0.05, 0.1) is 0 Å². The van der Waals surface area contributed by atoms with Crippen LogP contribution in [0.5, 0.6) is 0 Å². The van der Waals surface area contributed by atoms with Crippen LogP contribution < -0.4 is 0 Å². The van der Waals surface area contributed by atoms with Crippen LogP contribution in [0.15, 0.2) is 23.5 Å². The fourth-order valence-corrected chi connectivity index (χ4v) is 7.66. The molecule has 2 heterocycles. The quantitative estimate of drug-likeness (QED) is 0.513. The molecule has 0 radical (unpaired) electrons. The Hall–Kier alpha value is -0.0288. The van der Waals surface area contributed by atoms with E-state index in [0.29, 0.717) is 29.5 Å². The van der Waals surface area contributed by atoms with Gasteiger partial charge in [0.25, 0.3) is 0 Å². The molecular weight excluding hydrogens is 346 g/mol. The van der Waals surface area contributed by atoms with Crippen LogP contribution in [-0.4, -0.2) is 51.3 Å². The third-order valence-corrected chi connectivity index (χ3v) is 9.70. The first-order valence-corrected chi connectivity index (χ1v) is 10.8. The van der Waals surface area contributed by atoms with Gasteiger partial charge in [-0.15, -0.1) is 0 Å². The molecule has 1 aliphatic carbocycles. The van der Waals surface area contributed by atoms with Crippen molar-refractivity contribution in [1.82, 2.24) is 9.80 Å². The molecule has 1 fully saturated rings. The molecule has 1 saturated carbocycles. The van der Waals surface area contributed by atoms with Crippen molar-refractivity contribution in [2.24, 2.45) is 11.8 Å². The Balaban J connectivity index is 0. The number of hydrogen-bond donors (Lipinski definition) is 0. The molecular formula is C19H37N3SiTi. The molecule has 0 amide bonds. The Bertz CT molecular complexity index is 453. The maximum absolute atomic E-state index is 4.88. The van der Waals surface area contributed by atoms with Crippen LogP contribution in [-0.2, 0) is 21.7 Å². The molecule has 3 nitrogen and oxygen atoms in total. The summed E-state index contributed by atoms with van der Waals surface area (Å²) in [6.07, 6.45) is 5.04. The summed E-state index contributed by atoms with van der Waals surface area (Å²) < 4.78 is 0. The summed E-state index contributed by atoms with van der Waals surface area (Å²) in [4.78, 5) is 9.95. The molecule has 0 aromatic rings. The molecule has 3 aliphatic rings. The third-order valence-electron chi connectivity index (χ3n) is 6.24. The normalized spacial score (nSPS) is 33.2. The Morgan fingerprint density at radius 1 is 0.875 bits per heavy atom. The van der Waals surface area contributed by atoms with E-state index in [1.54, 1.807) is 0 Å². The van der Waals surface area contributed by atoms with E-state index in [0.717, 1.165) is 0 Å². The Morgan fingerprint density at radius 3 is 1.50 bits per heavy atom. The zero-order valence-electron chi connectivity index (χ0n) is 17.4. The molecule has 136 valence electrons. The van der Waals surface area contributed by atoms with Gasteiger partial charge in [0.1, 0.15) is 0 Å². The van der Waals surface area contributed by atoms with Crippen LogP contribution in [0.4, 0.5) is 0 Å². The Morgan fingerprint density at radius 2 is 1.21 bits per heavy atom. The second kappa shape index (κ2) is 8.57. The van der Waals surface area contributed by atoms with Crippen molar-refractivity contribution in [2.75, 3.05) is 21.1 Å². The van der Waals surface area contributed by atoms with Gasteiger partial charge in [-0.05, 0) is 19.4 Å². The molecule has 0 aromatic carbocycles. The van der Waals surface area contributed by atoms with Gasteiger partial charge in [0, 0.05) is 49.4 Å². The van der Waals surface area contributed by atoms with Crippen molar-refractivity contribution >= 4 is 8.24 Å². The smallest absolute Gasteiger partial charge is 0.667 e. The monoisotopic (exact) mass is 383 g/mol. The summed E-state index contributed by atoms with van der Waals surface area (Å²) in [7, 11) is 5.02. The predicted octanol–water partition coefficient (Wildman–Crippen LogP) is 4.60. The fraction of sp³-hybridized carbons (Fsp3) is 0.632. The molecule has 0 aromatic heterocycles. The maximum atomic E-state index is 4.88. The minimum atomic E-state index is -1.58. The number of hydrogen-bond acceptors (Lipinski definition) is 2. The first-order valence-electron chi connectivity index (χ1n) is 7.73. The molecule has 0 saturated heterocycles. The number of fused-ring (bicyclic) bond motifs is 3. The third kappa shape index (κ3) is 3.44. The van der Waals surface area contributed by atoms with Crippen molar-refractivity contribution < 1.29 is 21.7 Å². The number of allylic oxidation sites excluding steroid dienone is 2. The van der Waals surface area contributed by atoms with Gasteiger partial charge in [-0.3, -0.25) is 0 Å². The fourth-order valence-electron chi connectivity index (χ4n) is 4.80. The van der Waals surface area contributed by atoms with E-state index >= 15 is 0 Å². The summed E-state index contributed by atoms with van der Waals surface area (Å²) in [5.74, 6) is 1.37. The average molecular weight is 383 g/mol. The Labute approximate surface area is 167 Å². The van der Waals surface area contributed by atoms with Crippen LogP contribution in [0.1, 0.15) is 13.8 Å². The molecule has 0 spiro atoms. The first-order chi connectivity index (χ1) is 9.29. The summed E-state index contributed by atoms with van der Waals surface area (Å²) in [6.45, 7) is 9.41. The Kier molecular flexibility index (Phi) is 9.36. The van der Waals surface area contributed by atoms with Crippen LogP contribution >= 0.6 is 0 Å². The molecule has 2 aliphatic heterocycles. The van der Waals surface area contributed by atoms with E-state index in [4.69, 9.17) is 4.98 Å². The van der Waals surface area contributed by atoms with Crippen molar-refractivity contribution in [3.8, 4) is 0 Å². The second-order valence-corrected chi connectivity index (χ2v) is 11.8. The van der Waals surface area contributed by atoms with E-state index in [-0.39, 0.29) is 44.0 Å². The van der Waals surface area contributed by atoms with Gasteiger partial charge in [-0.1, -0.05) is 33.5 Å². The zero-order valence-corrected chi connectivity index (χ0v) is 19.9. The summed E-state index contributed by atoms with van der Waals surface area (Å²) in [5.41, 5.74) is 3.61. The SMILES string of the molecule is C[N-][Si](C)(C)C1C2C(C=C(C)N2C)C2C=C(C)N(C)C21.[CH3-].[CH3-].[CH3-].[Ti+4]. The largest absolute Gasteiger partial charge is 4.00 e. The van der Waals surface area contributed by atoms with Gasteiger partial charge in [0.15, 0.2) is 0 Å². The molecule has 24 heavy (non-hydrogen) atoms. The van der Waals surface area contributed by atoms with E-state index in [9.17, 15) is 0 Å². The van der Waals surface area contributed by atoms with E-state index in [2.05, 4.69) is 63.0 Å².